The lowest BCUT2D eigenvalue weighted by molar-refractivity contribution is 0.461. The summed E-state index contributed by atoms with van der Waals surface area (Å²) in [6.45, 7) is 3.69. The predicted octanol–water partition coefficient (Wildman–Crippen LogP) is 5.09. The molecule has 1 saturated carbocycles. The Morgan fingerprint density at radius 1 is 1.11 bits per heavy atom. The minimum Gasteiger partial charge on any atom is -0.368 e. The summed E-state index contributed by atoms with van der Waals surface area (Å²) in [5.41, 5.74) is 3.25. The fraction of sp³-hybridized carbons (Fsp3) is 0.304. The summed E-state index contributed by atoms with van der Waals surface area (Å²) in [5.74, 6) is 0.718. The zero-order valence-electron chi connectivity index (χ0n) is 15.8. The molecule has 2 aromatic rings. The predicted molar refractivity (Wildman–Crippen MR) is 113 cm³/mol. The summed E-state index contributed by atoms with van der Waals surface area (Å²) >= 11 is 0. The molecule has 1 aliphatic carbocycles. The normalized spacial score (nSPS) is 15.6. The Morgan fingerprint density at radius 2 is 1.93 bits per heavy atom. The molecule has 4 nitrogen and oxygen atoms in total. The first-order chi connectivity index (χ1) is 13.3. The van der Waals surface area contributed by atoms with E-state index < -0.39 is 0 Å². The Morgan fingerprint density at radius 3 is 2.70 bits per heavy atom. The minimum absolute atomic E-state index is 0.490. The van der Waals surface area contributed by atoms with Gasteiger partial charge in [-0.1, -0.05) is 62.2 Å². The van der Waals surface area contributed by atoms with Gasteiger partial charge in [-0.2, -0.15) is 0 Å². The lowest BCUT2D eigenvalue weighted by Gasteiger charge is -2.22. The average molecular weight is 361 g/mol. The van der Waals surface area contributed by atoms with Crippen LogP contribution in [-0.2, 0) is 6.42 Å². The lowest BCUT2D eigenvalue weighted by atomic mass is 9.96. The van der Waals surface area contributed by atoms with Gasteiger partial charge in [0.15, 0.2) is 0 Å². The largest absolute Gasteiger partial charge is 0.368 e. The van der Waals surface area contributed by atoms with Crippen molar-refractivity contribution in [1.82, 2.24) is 15.3 Å². The van der Waals surface area contributed by atoms with Gasteiger partial charge in [-0.3, -0.25) is 0 Å². The number of nitrogens with one attached hydrogen (secondary N) is 2. The van der Waals surface area contributed by atoms with Gasteiger partial charge < -0.3 is 10.6 Å². The number of hydrogen-bond acceptors (Lipinski definition) is 4. The van der Waals surface area contributed by atoms with Crippen LogP contribution in [0.2, 0.25) is 0 Å². The topological polar surface area (TPSA) is 49.8 Å². The number of rotatable bonds is 8. The summed E-state index contributed by atoms with van der Waals surface area (Å²) in [6.07, 6.45) is 16.8. The zero-order chi connectivity index (χ0) is 18.7. The highest BCUT2D eigenvalue weighted by Crippen LogP contribution is 2.21. The van der Waals surface area contributed by atoms with E-state index in [1.807, 2.05) is 30.6 Å². The molecule has 1 aliphatic rings. The maximum absolute atomic E-state index is 4.76. The van der Waals surface area contributed by atoms with E-state index in [1.165, 1.54) is 37.7 Å². The molecule has 4 heteroatoms. The van der Waals surface area contributed by atoms with E-state index in [0.717, 1.165) is 23.6 Å². The summed E-state index contributed by atoms with van der Waals surface area (Å²) in [7, 11) is 0. The van der Waals surface area contributed by atoms with E-state index >= 15 is 0 Å². The third kappa shape index (κ3) is 6.10. The molecule has 0 radical (unpaired) electrons. The van der Waals surface area contributed by atoms with Gasteiger partial charge in [-0.05, 0) is 48.7 Å². The number of aromatic nitrogens is 2. The smallest absolute Gasteiger partial charge is 0.223 e. The van der Waals surface area contributed by atoms with Crippen molar-refractivity contribution in [1.29, 1.82) is 0 Å². The molecule has 0 spiro atoms. The summed E-state index contributed by atoms with van der Waals surface area (Å²) in [5, 5.41) is 6.52. The van der Waals surface area contributed by atoms with Crippen LogP contribution in [0.1, 0.15) is 43.4 Å². The van der Waals surface area contributed by atoms with E-state index in [4.69, 9.17) is 4.98 Å². The Hall–Kier alpha value is -2.88. The number of benzene rings is 1. The zero-order valence-corrected chi connectivity index (χ0v) is 15.8. The van der Waals surface area contributed by atoms with Gasteiger partial charge in [-0.25, -0.2) is 9.97 Å². The third-order valence-electron chi connectivity index (χ3n) is 4.77. The Bertz CT molecular complexity index is 774. The number of hydrogen-bond donors (Lipinski definition) is 2. The maximum atomic E-state index is 4.76. The quantitative estimate of drug-likeness (QED) is 0.644. The Kier molecular flexibility index (Phi) is 7.22. The van der Waals surface area contributed by atoms with Gasteiger partial charge in [0.25, 0.3) is 0 Å². The van der Waals surface area contributed by atoms with Gasteiger partial charge in [-0.15, -0.1) is 0 Å². The first kappa shape index (κ1) is 18.9. The van der Waals surface area contributed by atoms with E-state index in [-0.39, 0.29) is 0 Å². The second kappa shape index (κ2) is 10.3. The van der Waals surface area contributed by atoms with Gasteiger partial charge in [0.05, 0.1) is 5.69 Å². The van der Waals surface area contributed by atoms with Crippen molar-refractivity contribution in [3.8, 4) is 0 Å². The fourth-order valence-corrected chi connectivity index (χ4v) is 3.32. The second-order valence-electron chi connectivity index (χ2n) is 6.80. The summed E-state index contributed by atoms with van der Waals surface area (Å²) in [4.78, 5) is 9.19. The minimum atomic E-state index is 0.490. The third-order valence-corrected chi connectivity index (χ3v) is 4.77. The van der Waals surface area contributed by atoms with E-state index in [2.05, 4.69) is 52.5 Å². The van der Waals surface area contributed by atoms with Crippen LogP contribution in [0, 0.1) is 0 Å². The molecule has 0 saturated heterocycles. The standard InChI is InChI=1S/C23H28N4/c1-2-24-17-15-20(14-13-19-9-5-3-6-10-19)22-16-18-25-23(27-22)26-21-11-7-4-8-12-21/h2-3,5-6,9-10,14-18,21,24H,1,4,7-8,11-13H2,(H,25,26,27)/b17-15-,20-14+. The molecule has 1 aromatic heterocycles. The van der Waals surface area contributed by atoms with Crippen molar-refractivity contribution in [2.75, 3.05) is 5.32 Å². The molecule has 0 aliphatic heterocycles. The van der Waals surface area contributed by atoms with Crippen LogP contribution in [0.4, 0.5) is 5.95 Å². The molecule has 0 amide bonds. The van der Waals surface area contributed by atoms with Gasteiger partial charge in [0.2, 0.25) is 5.95 Å². The molecule has 0 atom stereocenters. The summed E-state index contributed by atoms with van der Waals surface area (Å²) < 4.78 is 0. The molecule has 2 N–H and O–H groups in total. The van der Waals surface area contributed by atoms with Crippen LogP contribution in [-0.4, -0.2) is 16.0 Å². The first-order valence-electron chi connectivity index (χ1n) is 9.72. The van der Waals surface area contributed by atoms with Gasteiger partial charge >= 0.3 is 0 Å². The fourth-order valence-electron chi connectivity index (χ4n) is 3.32. The van der Waals surface area contributed by atoms with Crippen LogP contribution in [0.3, 0.4) is 0 Å². The number of anilines is 1. The average Bonchev–Trinajstić information content (AvgIpc) is 2.72. The van der Waals surface area contributed by atoms with Crippen LogP contribution in [0.25, 0.3) is 5.57 Å². The van der Waals surface area contributed by atoms with Crippen molar-refractivity contribution < 1.29 is 0 Å². The summed E-state index contributed by atoms with van der Waals surface area (Å²) in [6, 6.07) is 12.9. The molecule has 1 fully saturated rings. The number of allylic oxidation sites excluding steroid dienone is 3. The van der Waals surface area contributed by atoms with E-state index in [0.29, 0.717) is 6.04 Å². The highest BCUT2D eigenvalue weighted by molar-refractivity contribution is 5.72. The molecule has 3 rings (SSSR count). The van der Waals surface area contributed by atoms with Crippen LogP contribution in [0.5, 0.6) is 0 Å². The highest BCUT2D eigenvalue weighted by Gasteiger charge is 2.14. The Labute approximate surface area is 162 Å². The molecular formula is C23H28N4. The van der Waals surface area contributed by atoms with E-state index in [1.54, 1.807) is 6.20 Å². The van der Waals surface area contributed by atoms with Gasteiger partial charge in [0, 0.05) is 18.4 Å². The van der Waals surface area contributed by atoms with Crippen molar-refractivity contribution in [3.05, 3.63) is 85.0 Å². The van der Waals surface area contributed by atoms with Crippen molar-refractivity contribution in [3.63, 3.8) is 0 Å². The van der Waals surface area contributed by atoms with Gasteiger partial charge in [0.1, 0.15) is 0 Å². The molecule has 0 unspecified atom stereocenters. The Balaban J connectivity index is 1.78. The maximum Gasteiger partial charge on any atom is 0.223 e. The highest BCUT2D eigenvalue weighted by atomic mass is 15.1. The second-order valence-corrected chi connectivity index (χ2v) is 6.80. The van der Waals surface area contributed by atoms with Crippen LogP contribution < -0.4 is 10.6 Å². The molecular weight excluding hydrogens is 332 g/mol. The van der Waals surface area contributed by atoms with Crippen molar-refractivity contribution in [2.45, 2.75) is 44.6 Å². The molecule has 1 heterocycles. The molecule has 0 bridgehead atoms. The van der Waals surface area contributed by atoms with Crippen molar-refractivity contribution >= 4 is 11.5 Å². The first-order valence-corrected chi connectivity index (χ1v) is 9.72. The SMILES string of the molecule is C=CN/C=C\C(=C/Cc1ccccc1)c1ccnc(NC2CCCCC2)n1. The monoisotopic (exact) mass is 360 g/mol. The van der Waals surface area contributed by atoms with E-state index in [9.17, 15) is 0 Å². The number of nitrogens with zero attached hydrogens (tertiary/aromatic N) is 2. The molecule has 1 aromatic carbocycles. The van der Waals surface area contributed by atoms with Crippen molar-refractivity contribution in [2.24, 2.45) is 0 Å². The van der Waals surface area contributed by atoms with Crippen LogP contribution >= 0.6 is 0 Å². The lowest BCUT2D eigenvalue weighted by Crippen LogP contribution is -2.23. The molecule has 140 valence electrons. The van der Waals surface area contributed by atoms with Crippen LogP contribution in [0.15, 0.2) is 73.7 Å². The molecule has 27 heavy (non-hydrogen) atoms.